The Morgan fingerprint density at radius 1 is 1.29 bits per heavy atom. The molecule has 3 aromatic rings. The second kappa shape index (κ2) is 5.81. The van der Waals surface area contributed by atoms with Crippen molar-refractivity contribution in [3.05, 3.63) is 40.5 Å². The molecule has 0 amide bonds. The molecule has 3 nitrogen and oxygen atoms in total. The Morgan fingerprint density at radius 3 is 3.00 bits per heavy atom. The van der Waals surface area contributed by atoms with Gasteiger partial charge in [-0.2, -0.15) is 5.10 Å². The van der Waals surface area contributed by atoms with Crippen LogP contribution in [0.25, 0.3) is 10.9 Å². The molecule has 2 heterocycles. The number of nitrogens with zero attached hydrogens (tertiary/aromatic N) is 2. The van der Waals surface area contributed by atoms with Gasteiger partial charge in [0.1, 0.15) is 0 Å². The Kier molecular flexibility index (Phi) is 3.69. The molecule has 0 bridgehead atoms. The van der Waals surface area contributed by atoms with E-state index in [-0.39, 0.29) is 0 Å². The van der Waals surface area contributed by atoms with Crippen molar-refractivity contribution in [2.45, 2.75) is 42.2 Å². The van der Waals surface area contributed by atoms with Gasteiger partial charge in [-0.1, -0.05) is 12.8 Å². The molecule has 0 atom stereocenters. The number of thioether (sulfide) groups is 1. The summed E-state index contributed by atoms with van der Waals surface area (Å²) in [5.74, 6) is 0. The highest BCUT2D eigenvalue weighted by Gasteiger charge is 2.17. The highest BCUT2D eigenvalue weighted by atomic mass is 32.2. The second-order valence-corrected chi connectivity index (χ2v) is 7.86. The van der Waals surface area contributed by atoms with E-state index in [1.807, 2.05) is 23.3 Å². The second-order valence-electron chi connectivity index (χ2n) is 5.51. The molecule has 1 N–H and O–H groups in total. The first kappa shape index (κ1) is 13.3. The van der Waals surface area contributed by atoms with Crippen molar-refractivity contribution in [1.82, 2.24) is 15.2 Å². The maximum atomic E-state index is 4.41. The zero-order chi connectivity index (χ0) is 14.1. The molecular weight excluding hydrogens is 298 g/mol. The lowest BCUT2D eigenvalue weighted by Crippen LogP contribution is -1.93. The van der Waals surface area contributed by atoms with E-state index in [2.05, 4.69) is 33.4 Å². The van der Waals surface area contributed by atoms with Crippen LogP contribution in [0.3, 0.4) is 0 Å². The minimum Gasteiger partial charge on any atom is -0.281 e. The summed E-state index contributed by atoms with van der Waals surface area (Å²) in [6.45, 7) is 0. The summed E-state index contributed by atoms with van der Waals surface area (Å²) in [6.07, 6.45) is 8.20. The van der Waals surface area contributed by atoms with E-state index in [0.717, 1.165) is 22.2 Å². The number of hydrogen-bond acceptors (Lipinski definition) is 4. The average molecular weight is 315 g/mol. The van der Waals surface area contributed by atoms with Crippen molar-refractivity contribution >= 4 is 34.0 Å². The molecule has 1 aromatic carbocycles. The van der Waals surface area contributed by atoms with E-state index in [4.69, 9.17) is 0 Å². The predicted molar refractivity (Wildman–Crippen MR) is 89.1 cm³/mol. The third-order valence-electron chi connectivity index (χ3n) is 4.02. The largest absolute Gasteiger partial charge is 0.281 e. The van der Waals surface area contributed by atoms with Gasteiger partial charge in [0.05, 0.1) is 10.5 Å². The Hall–Kier alpha value is -1.33. The van der Waals surface area contributed by atoms with Gasteiger partial charge < -0.3 is 0 Å². The minimum absolute atomic E-state index is 0.803. The highest BCUT2D eigenvalue weighted by molar-refractivity contribution is 8.00. The van der Waals surface area contributed by atoms with Gasteiger partial charge in [0.15, 0.2) is 0 Å². The zero-order valence-electron chi connectivity index (χ0n) is 11.7. The predicted octanol–water partition coefficient (Wildman–Crippen LogP) is 4.64. The molecular formula is C16H17N3S2. The molecule has 1 fully saturated rings. The van der Waals surface area contributed by atoms with Gasteiger partial charge in [-0.3, -0.25) is 5.10 Å². The Labute approximate surface area is 132 Å². The van der Waals surface area contributed by atoms with Crippen LogP contribution >= 0.6 is 23.1 Å². The fourth-order valence-electron chi connectivity index (χ4n) is 2.94. The summed E-state index contributed by atoms with van der Waals surface area (Å²) in [5, 5.41) is 12.8. The van der Waals surface area contributed by atoms with Crippen molar-refractivity contribution in [3.8, 4) is 0 Å². The average Bonchev–Trinajstić information content (AvgIpc) is 3.22. The fourth-order valence-corrected chi connectivity index (χ4v) is 4.86. The van der Waals surface area contributed by atoms with Gasteiger partial charge in [-0.05, 0) is 31.0 Å². The molecule has 108 valence electrons. The van der Waals surface area contributed by atoms with Crippen molar-refractivity contribution in [2.24, 2.45) is 0 Å². The highest BCUT2D eigenvalue weighted by Crippen LogP contribution is 2.36. The number of hydrogen-bond donors (Lipinski definition) is 1. The van der Waals surface area contributed by atoms with Crippen LogP contribution in [0.5, 0.6) is 0 Å². The first-order valence-corrected chi connectivity index (χ1v) is 9.16. The van der Waals surface area contributed by atoms with Gasteiger partial charge >= 0.3 is 0 Å². The van der Waals surface area contributed by atoms with E-state index >= 15 is 0 Å². The number of rotatable bonds is 4. The first-order valence-electron chi connectivity index (χ1n) is 7.40. The van der Waals surface area contributed by atoms with E-state index in [1.165, 1.54) is 41.7 Å². The lowest BCUT2D eigenvalue weighted by molar-refractivity contribution is 0.886. The molecule has 0 unspecified atom stereocenters. The van der Waals surface area contributed by atoms with Crippen LogP contribution in [0.15, 0.2) is 34.7 Å². The van der Waals surface area contributed by atoms with Gasteiger partial charge in [0.25, 0.3) is 0 Å². The van der Waals surface area contributed by atoms with Crippen LogP contribution in [0, 0.1) is 0 Å². The van der Waals surface area contributed by atoms with Crippen LogP contribution in [-0.2, 0) is 6.42 Å². The molecule has 2 aromatic heterocycles. The van der Waals surface area contributed by atoms with E-state index < -0.39 is 0 Å². The number of nitrogens with one attached hydrogen (secondary N) is 1. The molecule has 0 saturated heterocycles. The van der Waals surface area contributed by atoms with E-state index in [0.29, 0.717) is 0 Å². The molecule has 5 heteroatoms. The third-order valence-corrected chi connectivity index (χ3v) is 6.13. The fraction of sp³-hybridized carbons (Fsp3) is 0.375. The monoisotopic (exact) mass is 315 g/mol. The van der Waals surface area contributed by atoms with Crippen molar-refractivity contribution < 1.29 is 0 Å². The van der Waals surface area contributed by atoms with Gasteiger partial charge in [0.2, 0.25) is 0 Å². The molecule has 0 radical (unpaired) electrons. The van der Waals surface area contributed by atoms with E-state index in [9.17, 15) is 0 Å². The molecule has 1 saturated carbocycles. The maximum absolute atomic E-state index is 4.41. The molecule has 1 aliphatic carbocycles. The molecule has 21 heavy (non-hydrogen) atoms. The van der Waals surface area contributed by atoms with Crippen molar-refractivity contribution in [3.63, 3.8) is 0 Å². The summed E-state index contributed by atoms with van der Waals surface area (Å²) < 4.78 is 0. The van der Waals surface area contributed by atoms with Crippen molar-refractivity contribution in [2.75, 3.05) is 0 Å². The van der Waals surface area contributed by atoms with Gasteiger partial charge in [-0.15, -0.1) is 23.1 Å². The molecule has 1 aliphatic rings. The summed E-state index contributed by atoms with van der Waals surface area (Å²) in [7, 11) is 0. The number of aromatic amines is 1. The zero-order valence-corrected chi connectivity index (χ0v) is 13.3. The molecule has 0 aliphatic heterocycles. The lowest BCUT2D eigenvalue weighted by atomic mass is 10.2. The molecule has 0 spiro atoms. The summed E-state index contributed by atoms with van der Waals surface area (Å²) in [6, 6.07) is 6.64. The number of fused-ring (bicyclic) bond motifs is 1. The third kappa shape index (κ3) is 2.85. The Morgan fingerprint density at radius 2 is 2.19 bits per heavy atom. The number of aromatic nitrogens is 3. The Balaban J connectivity index is 1.62. The first-order chi connectivity index (χ1) is 10.4. The summed E-state index contributed by atoms with van der Waals surface area (Å²) >= 11 is 3.73. The SMILES string of the molecule is c1csc(Cc2[nH]nc3ccc(SC4CCCC4)cc23)n1. The number of thiazole rings is 1. The molecule has 4 rings (SSSR count). The minimum atomic E-state index is 0.803. The van der Waals surface area contributed by atoms with E-state index in [1.54, 1.807) is 11.3 Å². The van der Waals surface area contributed by atoms with Crippen LogP contribution in [0.2, 0.25) is 0 Å². The van der Waals surface area contributed by atoms with Crippen LogP contribution < -0.4 is 0 Å². The van der Waals surface area contributed by atoms with Crippen molar-refractivity contribution in [1.29, 1.82) is 0 Å². The standard InChI is InChI=1S/C16H17N3S2/c1-2-4-11(3-1)21-12-5-6-14-13(9-12)15(19-18-14)10-16-17-7-8-20-16/h5-9,11H,1-4,10H2,(H,18,19). The van der Waals surface area contributed by atoms with Crippen LogP contribution in [0.4, 0.5) is 0 Å². The normalized spacial score (nSPS) is 16.0. The van der Waals surface area contributed by atoms with Gasteiger partial charge in [-0.25, -0.2) is 4.98 Å². The lowest BCUT2D eigenvalue weighted by Gasteiger charge is -2.08. The topological polar surface area (TPSA) is 41.6 Å². The van der Waals surface area contributed by atoms with Crippen LogP contribution in [-0.4, -0.2) is 20.4 Å². The quantitative estimate of drug-likeness (QED) is 0.762. The van der Waals surface area contributed by atoms with Crippen LogP contribution in [0.1, 0.15) is 36.4 Å². The summed E-state index contributed by atoms with van der Waals surface area (Å²) in [4.78, 5) is 5.74. The summed E-state index contributed by atoms with van der Waals surface area (Å²) in [5.41, 5.74) is 2.23. The number of benzene rings is 1. The Bertz CT molecular complexity index is 727. The maximum Gasteiger partial charge on any atom is 0.0984 e. The smallest absolute Gasteiger partial charge is 0.0984 e. The number of H-pyrrole nitrogens is 1. The van der Waals surface area contributed by atoms with Gasteiger partial charge in [0, 0.05) is 39.2 Å².